The lowest BCUT2D eigenvalue weighted by atomic mass is 9.97. The normalized spacial score (nSPS) is 12.9. The average molecular weight is 423 g/mol. The molecule has 0 atom stereocenters. The van der Waals surface area contributed by atoms with Crippen molar-refractivity contribution in [2.75, 3.05) is 23.9 Å². The predicted octanol–water partition coefficient (Wildman–Crippen LogP) is 4.20. The van der Waals surface area contributed by atoms with Crippen LogP contribution in [0.1, 0.15) is 22.8 Å². The number of halogens is 2. The van der Waals surface area contributed by atoms with E-state index in [1.165, 1.54) is 6.07 Å². The van der Waals surface area contributed by atoms with Crippen molar-refractivity contribution in [3.63, 3.8) is 0 Å². The third kappa shape index (κ3) is 3.84. The predicted molar refractivity (Wildman–Crippen MR) is 112 cm³/mol. The lowest BCUT2D eigenvalue weighted by Crippen LogP contribution is -2.35. The van der Waals surface area contributed by atoms with Crippen molar-refractivity contribution in [3.8, 4) is 16.9 Å². The van der Waals surface area contributed by atoms with Crippen LogP contribution in [-0.2, 0) is 11.2 Å². The number of benzene rings is 2. The highest BCUT2D eigenvalue weighted by Crippen LogP contribution is 2.38. The first kappa shape index (κ1) is 20.5. The molecule has 0 unspecified atom stereocenters. The first-order valence-electron chi connectivity index (χ1n) is 9.67. The summed E-state index contributed by atoms with van der Waals surface area (Å²) in [5, 5.41) is 2.41. The number of nitrogens with zero attached hydrogens (tertiary/aromatic N) is 2. The van der Waals surface area contributed by atoms with Gasteiger partial charge in [-0.2, -0.15) is 0 Å². The van der Waals surface area contributed by atoms with E-state index < -0.39 is 23.1 Å². The van der Waals surface area contributed by atoms with E-state index in [1.807, 2.05) is 19.1 Å². The first-order valence-corrected chi connectivity index (χ1v) is 9.67. The van der Waals surface area contributed by atoms with Crippen LogP contribution in [0.3, 0.4) is 0 Å². The van der Waals surface area contributed by atoms with Crippen LogP contribution in [-0.4, -0.2) is 30.5 Å². The number of ether oxygens (including phenoxy) is 1. The van der Waals surface area contributed by atoms with Gasteiger partial charge < -0.3 is 15.0 Å². The number of amides is 2. The van der Waals surface area contributed by atoms with E-state index in [-0.39, 0.29) is 18.3 Å². The number of rotatable bonds is 4. The summed E-state index contributed by atoms with van der Waals surface area (Å²) in [7, 11) is 1.69. The lowest BCUT2D eigenvalue weighted by molar-refractivity contribution is -0.120. The molecular weight excluding hydrogens is 404 g/mol. The molecule has 0 spiro atoms. The van der Waals surface area contributed by atoms with E-state index in [1.54, 1.807) is 30.3 Å². The van der Waals surface area contributed by atoms with Crippen molar-refractivity contribution in [3.05, 3.63) is 71.4 Å². The smallest absolute Gasteiger partial charge is 0.264 e. The molecule has 0 aliphatic carbocycles. The SMILES string of the molecule is CCc1cc2c(cc1-c1ccc(NC(=O)c3c(F)cccc3F)nc1)N(C)C(=O)CO2. The molecule has 0 saturated heterocycles. The molecule has 158 valence electrons. The average Bonchev–Trinajstić information content (AvgIpc) is 2.76. The molecule has 1 aliphatic rings. The molecule has 1 aromatic heterocycles. The van der Waals surface area contributed by atoms with Gasteiger partial charge in [0.1, 0.15) is 28.8 Å². The molecular formula is C23H19F2N3O3. The summed E-state index contributed by atoms with van der Waals surface area (Å²) in [6.45, 7) is 2.01. The van der Waals surface area contributed by atoms with Gasteiger partial charge in [0.2, 0.25) is 0 Å². The highest BCUT2D eigenvalue weighted by Gasteiger charge is 2.24. The summed E-state index contributed by atoms with van der Waals surface area (Å²) in [6, 6.07) is 10.3. The lowest BCUT2D eigenvalue weighted by Gasteiger charge is -2.27. The molecule has 0 bridgehead atoms. The van der Waals surface area contributed by atoms with Gasteiger partial charge >= 0.3 is 0 Å². The minimum Gasteiger partial charge on any atom is -0.482 e. The number of hydrogen-bond donors (Lipinski definition) is 1. The molecule has 2 heterocycles. The number of carbonyl (C=O) groups excluding carboxylic acids is 2. The Hall–Kier alpha value is -3.81. The molecule has 3 aromatic rings. The highest BCUT2D eigenvalue weighted by atomic mass is 19.1. The monoisotopic (exact) mass is 423 g/mol. The molecule has 1 N–H and O–H groups in total. The topological polar surface area (TPSA) is 71.5 Å². The van der Waals surface area contributed by atoms with Crippen molar-refractivity contribution >= 4 is 23.3 Å². The van der Waals surface area contributed by atoms with Crippen LogP contribution in [0.4, 0.5) is 20.3 Å². The van der Waals surface area contributed by atoms with Gasteiger partial charge in [-0.25, -0.2) is 13.8 Å². The van der Waals surface area contributed by atoms with Crippen LogP contribution < -0.4 is 15.0 Å². The first-order chi connectivity index (χ1) is 14.9. The van der Waals surface area contributed by atoms with Crippen molar-refractivity contribution in [1.29, 1.82) is 0 Å². The molecule has 2 aromatic carbocycles. The van der Waals surface area contributed by atoms with Crippen LogP contribution >= 0.6 is 0 Å². The van der Waals surface area contributed by atoms with E-state index in [2.05, 4.69) is 10.3 Å². The maximum Gasteiger partial charge on any atom is 0.264 e. The molecule has 2 amide bonds. The van der Waals surface area contributed by atoms with Crippen LogP contribution in [0, 0.1) is 11.6 Å². The number of carbonyl (C=O) groups is 2. The fourth-order valence-electron chi connectivity index (χ4n) is 3.44. The third-order valence-corrected chi connectivity index (χ3v) is 5.16. The standard InChI is InChI=1S/C23H19F2N3O3/c1-3-13-9-19-18(28(2)21(29)12-31-19)10-15(13)14-7-8-20(26-11-14)27-23(30)22-16(24)5-4-6-17(22)25/h4-11H,3,12H2,1-2H3,(H,26,27,30). The van der Waals surface area contributed by atoms with Crippen LogP contribution in [0.5, 0.6) is 5.75 Å². The van der Waals surface area contributed by atoms with E-state index in [9.17, 15) is 18.4 Å². The Balaban J connectivity index is 1.63. The van der Waals surface area contributed by atoms with Gasteiger partial charge in [-0.3, -0.25) is 9.59 Å². The third-order valence-electron chi connectivity index (χ3n) is 5.16. The maximum absolute atomic E-state index is 13.8. The van der Waals surface area contributed by atoms with Crippen molar-refractivity contribution in [1.82, 2.24) is 4.98 Å². The molecule has 4 rings (SSSR count). The molecule has 31 heavy (non-hydrogen) atoms. The zero-order chi connectivity index (χ0) is 22.1. The summed E-state index contributed by atoms with van der Waals surface area (Å²) in [4.78, 5) is 30.0. The number of fused-ring (bicyclic) bond motifs is 1. The Kier molecular flexibility index (Phi) is 5.37. The van der Waals surface area contributed by atoms with Crippen molar-refractivity contribution in [2.45, 2.75) is 13.3 Å². The highest BCUT2D eigenvalue weighted by molar-refractivity contribution is 6.04. The van der Waals surface area contributed by atoms with Gasteiger partial charge in [0.25, 0.3) is 11.8 Å². The molecule has 0 radical (unpaired) electrons. The summed E-state index contributed by atoms with van der Waals surface area (Å²) in [5.74, 6) is -2.15. The van der Waals surface area contributed by atoms with E-state index in [0.717, 1.165) is 35.2 Å². The van der Waals surface area contributed by atoms with Gasteiger partial charge in [0.15, 0.2) is 6.61 Å². The Morgan fingerprint density at radius 2 is 1.94 bits per heavy atom. The Morgan fingerprint density at radius 1 is 1.19 bits per heavy atom. The number of anilines is 2. The number of likely N-dealkylation sites (N-methyl/N-ethyl adjacent to an activating group) is 1. The van der Waals surface area contributed by atoms with Crippen LogP contribution in [0.15, 0.2) is 48.7 Å². The quantitative estimate of drug-likeness (QED) is 0.683. The minimum atomic E-state index is -0.948. The van der Waals surface area contributed by atoms with Gasteiger partial charge in [-0.15, -0.1) is 0 Å². The fraction of sp³-hybridized carbons (Fsp3) is 0.174. The van der Waals surface area contributed by atoms with Crippen molar-refractivity contribution < 1.29 is 23.1 Å². The Morgan fingerprint density at radius 3 is 2.58 bits per heavy atom. The van der Waals surface area contributed by atoms with Crippen LogP contribution in [0.2, 0.25) is 0 Å². The van der Waals surface area contributed by atoms with Gasteiger partial charge in [-0.05, 0) is 53.9 Å². The zero-order valence-electron chi connectivity index (χ0n) is 16.9. The van der Waals surface area contributed by atoms with Crippen molar-refractivity contribution in [2.24, 2.45) is 0 Å². The number of aryl methyl sites for hydroxylation is 1. The van der Waals surface area contributed by atoms with Gasteiger partial charge in [-0.1, -0.05) is 13.0 Å². The number of hydrogen-bond acceptors (Lipinski definition) is 4. The van der Waals surface area contributed by atoms with Gasteiger partial charge in [0.05, 0.1) is 5.69 Å². The summed E-state index contributed by atoms with van der Waals surface area (Å²) in [6.07, 6.45) is 2.29. The Labute approximate surface area is 177 Å². The summed E-state index contributed by atoms with van der Waals surface area (Å²) < 4.78 is 33.2. The summed E-state index contributed by atoms with van der Waals surface area (Å²) in [5.41, 5.74) is 2.64. The largest absolute Gasteiger partial charge is 0.482 e. The van der Waals surface area contributed by atoms with Crippen LogP contribution in [0.25, 0.3) is 11.1 Å². The second-order valence-electron chi connectivity index (χ2n) is 7.05. The number of aromatic nitrogens is 1. The molecule has 1 aliphatic heterocycles. The van der Waals surface area contributed by atoms with E-state index in [0.29, 0.717) is 11.4 Å². The zero-order valence-corrected chi connectivity index (χ0v) is 16.9. The molecule has 8 heteroatoms. The number of nitrogens with one attached hydrogen (secondary N) is 1. The minimum absolute atomic E-state index is 0.00452. The fourth-order valence-corrected chi connectivity index (χ4v) is 3.44. The summed E-state index contributed by atoms with van der Waals surface area (Å²) >= 11 is 0. The molecule has 0 saturated carbocycles. The second kappa shape index (κ2) is 8.14. The van der Waals surface area contributed by atoms with E-state index >= 15 is 0 Å². The van der Waals surface area contributed by atoms with E-state index in [4.69, 9.17) is 4.74 Å². The Bertz CT molecular complexity index is 1160. The van der Waals surface area contributed by atoms with Gasteiger partial charge in [0, 0.05) is 18.8 Å². The second-order valence-corrected chi connectivity index (χ2v) is 7.05. The molecule has 0 fully saturated rings. The maximum atomic E-state index is 13.8. The molecule has 6 nitrogen and oxygen atoms in total. The number of pyridine rings is 1.